The first-order valence-electron chi connectivity index (χ1n) is 4.94. The van der Waals surface area contributed by atoms with Gasteiger partial charge in [0.2, 0.25) is 5.16 Å². The summed E-state index contributed by atoms with van der Waals surface area (Å²) in [6.45, 7) is 1.75. The Labute approximate surface area is 102 Å². The van der Waals surface area contributed by atoms with Crippen LogP contribution < -0.4 is 0 Å². The van der Waals surface area contributed by atoms with Crippen molar-refractivity contribution in [2.45, 2.75) is 17.3 Å². The van der Waals surface area contributed by atoms with Crippen molar-refractivity contribution in [3.05, 3.63) is 30.1 Å². The quantitative estimate of drug-likeness (QED) is 0.848. The van der Waals surface area contributed by atoms with E-state index in [9.17, 15) is 4.39 Å². The molecule has 1 aromatic carbocycles. The van der Waals surface area contributed by atoms with Crippen LogP contribution in [0.2, 0.25) is 0 Å². The van der Waals surface area contributed by atoms with Crippen LogP contribution in [0.25, 0.3) is 11.4 Å². The predicted octanol–water partition coefficient (Wildman–Crippen LogP) is 2.61. The molecule has 17 heavy (non-hydrogen) atoms. The molecule has 0 amide bonds. The number of halogens is 1. The van der Waals surface area contributed by atoms with Crippen LogP contribution in [0, 0.1) is 17.1 Å². The lowest BCUT2D eigenvalue weighted by molar-refractivity contribution is 0.630. The smallest absolute Gasteiger partial charge is 0.210 e. The maximum Gasteiger partial charge on any atom is 0.210 e. The maximum absolute atomic E-state index is 13.5. The Morgan fingerprint density at radius 2 is 2.24 bits per heavy atom. The number of nitrogens with zero attached hydrogens (tertiary/aromatic N) is 3. The highest BCUT2D eigenvalue weighted by Gasteiger charge is 2.12. The van der Waals surface area contributed by atoms with E-state index in [4.69, 9.17) is 5.26 Å². The van der Waals surface area contributed by atoms with Gasteiger partial charge in [0.25, 0.3) is 0 Å². The normalized spacial score (nSPS) is 12.1. The monoisotopic (exact) mass is 248 g/mol. The molecule has 0 radical (unpaired) electrons. The zero-order valence-corrected chi connectivity index (χ0v) is 9.83. The van der Waals surface area contributed by atoms with Crippen molar-refractivity contribution in [1.82, 2.24) is 15.2 Å². The van der Waals surface area contributed by atoms with E-state index in [2.05, 4.69) is 21.3 Å². The lowest BCUT2D eigenvalue weighted by Crippen LogP contribution is -1.90. The number of rotatable bonds is 3. The zero-order chi connectivity index (χ0) is 12.3. The minimum absolute atomic E-state index is 0.237. The Hall–Kier alpha value is -1.87. The second-order valence-electron chi connectivity index (χ2n) is 3.34. The molecular weight excluding hydrogens is 239 g/mol. The molecule has 0 aliphatic rings. The van der Waals surface area contributed by atoms with Crippen molar-refractivity contribution in [2.24, 2.45) is 0 Å². The summed E-state index contributed by atoms with van der Waals surface area (Å²) in [6, 6.07) is 8.40. The molecule has 2 aromatic rings. The van der Waals surface area contributed by atoms with Gasteiger partial charge in [-0.3, -0.25) is 5.10 Å². The Morgan fingerprint density at radius 1 is 1.47 bits per heavy atom. The van der Waals surface area contributed by atoms with Crippen molar-refractivity contribution in [1.29, 1.82) is 5.26 Å². The number of H-pyrrole nitrogens is 1. The minimum atomic E-state index is -0.353. The minimum Gasteiger partial charge on any atom is -0.258 e. The Balaban J connectivity index is 2.25. The van der Waals surface area contributed by atoms with Gasteiger partial charge in [-0.05, 0) is 19.1 Å². The molecule has 0 fully saturated rings. The molecule has 0 bridgehead atoms. The van der Waals surface area contributed by atoms with E-state index in [0.717, 1.165) is 0 Å². The summed E-state index contributed by atoms with van der Waals surface area (Å²) in [4.78, 5) is 4.13. The largest absolute Gasteiger partial charge is 0.258 e. The average Bonchev–Trinajstić information content (AvgIpc) is 2.78. The average molecular weight is 248 g/mol. The molecule has 0 spiro atoms. The molecule has 1 N–H and O–H groups in total. The third kappa shape index (κ3) is 2.63. The maximum atomic E-state index is 13.5. The van der Waals surface area contributed by atoms with E-state index in [1.54, 1.807) is 25.1 Å². The number of benzene rings is 1. The molecule has 0 unspecified atom stereocenters. The highest BCUT2D eigenvalue weighted by Crippen LogP contribution is 2.23. The Kier molecular flexibility index (Phi) is 3.40. The number of hydrogen-bond acceptors (Lipinski definition) is 4. The molecule has 1 atom stereocenters. The Morgan fingerprint density at radius 3 is 2.94 bits per heavy atom. The second-order valence-corrected chi connectivity index (χ2v) is 4.64. The summed E-state index contributed by atoms with van der Waals surface area (Å²) in [5.41, 5.74) is 0.372. The van der Waals surface area contributed by atoms with Crippen LogP contribution in [0.15, 0.2) is 29.4 Å². The van der Waals surface area contributed by atoms with Crippen molar-refractivity contribution >= 4 is 11.8 Å². The summed E-state index contributed by atoms with van der Waals surface area (Å²) >= 11 is 1.23. The molecule has 0 saturated carbocycles. The molecule has 0 aliphatic heterocycles. The molecule has 4 nitrogen and oxygen atoms in total. The standard InChI is InChI=1S/C11H9FN4S/c1-7(6-13)17-11-14-10(15-16-11)8-4-2-3-5-9(8)12/h2-5,7H,1H3,(H,14,15,16)/t7-/m1/s1. The van der Waals surface area contributed by atoms with Crippen LogP contribution in [0.1, 0.15) is 6.92 Å². The molecule has 1 aromatic heterocycles. The van der Waals surface area contributed by atoms with E-state index < -0.39 is 0 Å². The zero-order valence-electron chi connectivity index (χ0n) is 9.01. The van der Waals surface area contributed by atoms with Gasteiger partial charge in [-0.2, -0.15) is 5.26 Å². The first kappa shape index (κ1) is 11.6. The van der Waals surface area contributed by atoms with Gasteiger partial charge in [0, 0.05) is 0 Å². The Bertz CT molecular complexity index is 561. The van der Waals surface area contributed by atoms with Gasteiger partial charge in [0.05, 0.1) is 16.9 Å². The van der Waals surface area contributed by atoms with E-state index in [1.807, 2.05) is 0 Å². The summed E-state index contributed by atoms with van der Waals surface area (Å²) in [6.07, 6.45) is 0. The fourth-order valence-electron chi connectivity index (χ4n) is 1.26. The number of thioether (sulfide) groups is 1. The third-order valence-electron chi connectivity index (χ3n) is 2.06. The number of aromatic amines is 1. The van der Waals surface area contributed by atoms with Crippen LogP contribution >= 0.6 is 11.8 Å². The number of nitrogens with one attached hydrogen (secondary N) is 1. The van der Waals surface area contributed by atoms with Gasteiger partial charge in [0.1, 0.15) is 5.82 Å². The van der Waals surface area contributed by atoms with Gasteiger partial charge in [-0.25, -0.2) is 9.37 Å². The predicted molar refractivity (Wildman–Crippen MR) is 62.7 cm³/mol. The van der Waals surface area contributed by atoms with E-state index in [1.165, 1.54) is 17.8 Å². The first-order valence-corrected chi connectivity index (χ1v) is 5.82. The molecule has 0 saturated heterocycles. The summed E-state index contributed by atoms with van der Waals surface area (Å²) in [7, 11) is 0. The van der Waals surface area contributed by atoms with Crippen molar-refractivity contribution in [2.75, 3.05) is 0 Å². The SMILES string of the molecule is C[C@H](C#N)Sc1n[nH]c(-c2ccccc2F)n1. The first-order chi connectivity index (χ1) is 8.20. The highest BCUT2D eigenvalue weighted by molar-refractivity contribution is 8.00. The van der Waals surface area contributed by atoms with Crippen molar-refractivity contribution < 1.29 is 4.39 Å². The third-order valence-corrected chi connectivity index (χ3v) is 2.91. The number of hydrogen-bond donors (Lipinski definition) is 1. The fraction of sp³-hybridized carbons (Fsp3) is 0.182. The lowest BCUT2D eigenvalue weighted by Gasteiger charge is -1.97. The topological polar surface area (TPSA) is 65.4 Å². The van der Waals surface area contributed by atoms with Crippen molar-refractivity contribution in [3.8, 4) is 17.5 Å². The van der Waals surface area contributed by atoms with Crippen LogP contribution in [-0.2, 0) is 0 Å². The van der Waals surface area contributed by atoms with Gasteiger partial charge in [-0.1, -0.05) is 23.9 Å². The van der Waals surface area contributed by atoms with Gasteiger partial charge in [-0.15, -0.1) is 5.10 Å². The molecule has 2 rings (SSSR count). The summed E-state index contributed by atoms with van der Waals surface area (Å²) in [5, 5.41) is 15.5. The van der Waals surface area contributed by atoms with E-state index >= 15 is 0 Å². The molecule has 1 heterocycles. The number of nitriles is 1. The molecular formula is C11H9FN4S. The molecule has 6 heteroatoms. The van der Waals surface area contributed by atoms with Gasteiger partial charge < -0.3 is 0 Å². The van der Waals surface area contributed by atoms with Crippen LogP contribution in [0.4, 0.5) is 4.39 Å². The highest BCUT2D eigenvalue weighted by atomic mass is 32.2. The van der Waals surface area contributed by atoms with Crippen molar-refractivity contribution in [3.63, 3.8) is 0 Å². The second kappa shape index (κ2) is 4.97. The van der Waals surface area contributed by atoms with Crippen LogP contribution in [0.5, 0.6) is 0 Å². The van der Waals surface area contributed by atoms with Gasteiger partial charge in [0.15, 0.2) is 5.82 Å². The van der Waals surface area contributed by atoms with Crippen LogP contribution in [-0.4, -0.2) is 20.4 Å². The fourth-order valence-corrected chi connectivity index (χ4v) is 1.87. The van der Waals surface area contributed by atoms with E-state index in [0.29, 0.717) is 16.5 Å². The van der Waals surface area contributed by atoms with Crippen LogP contribution in [0.3, 0.4) is 0 Å². The van der Waals surface area contributed by atoms with E-state index in [-0.39, 0.29) is 11.1 Å². The van der Waals surface area contributed by atoms with Gasteiger partial charge >= 0.3 is 0 Å². The molecule has 0 aliphatic carbocycles. The lowest BCUT2D eigenvalue weighted by atomic mass is 10.2. The summed E-state index contributed by atoms with van der Waals surface area (Å²) in [5.74, 6) is 0.0178. The molecule has 86 valence electrons. The number of aromatic nitrogens is 3. The summed E-state index contributed by atoms with van der Waals surface area (Å²) < 4.78 is 13.5.